The Kier molecular flexibility index (Phi) is 4.92. The van der Waals surface area contributed by atoms with E-state index >= 15 is 0 Å². The molecule has 112 valence electrons. The molecule has 0 saturated heterocycles. The van der Waals surface area contributed by atoms with Gasteiger partial charge in [0.05, 0.1) is 24.5 Å². The summed E-state index contributed by atoms with van der Waals surface area (Å²) in [6, 6.07) is 3.87. The number of rotatable bonds is 6. The van der Waals surface area contributed by atoms with Crippen LogP contribution in [-0.2, 0) is 0 Å². The Morgan fingerprint density at radius 1 is 1.38 bits per heavy atom. The lowest BCUT2D eigenvalue weighted by Gasteiger charge is -2.14. The SMILES string of the molecule is CC(CNC(=O)c1cnn(C(C)C)c1)Oc1cccnc1. The van der Waals surface area contributed by atoms with Crippen LogP contribution in [0, 0.1) is 0 Å². The number of aromatic nitrogens is 3. The Morgan fingerprint density at radius 2 is 2.19 bits per heavy atom. The van der Waals surface area contributed by atoms with E-state index in [-0.39, 0.29) is 18.1 Å². The minimum atomic E-state index is -0.150. The van der Waals surface area contributed by atoms with Crippen LogP contribution in [0.4, 0.5) is 0 Å². The van der Waals surface area contributed by atoms with Crippen molar-refractivity contribution in [3.8, 4) is 5.75 Å². The Labute approximate surface area is 124 Å². The lowest BCUT2D eigenvalue weighted by Crippen LogP contribution is -2.33. The summed E-state index contributed by atoms with van der Waals surface area (Å²) in [6.45, 7) is 6.34. The molecule has 2 aromatic rings. The normalized spacial score (nSPS) is 12.2. The summed E-state index contributed by atoms with van der Waals surface area (Å²) >= 11 is 0. The molecule has 0 bridgehead atoms. The van der Waals surface area contributed by atoms with Crippen LogP contribution >= 0.6 is 0 Å². The monoisotopic (exact) mass is 288 g/mol. The Hall–Kier alpha value is -2.37. The van der Waals surface area contributed by atoms with Crippen LogP contribution in [0.3, 0.4) is 0 Å². The highest BCUT2D eigenvalue weighted by Crippen LogP contribution is 2.09. The third-order valence-corrected chi connectivity index (χ3v) is 2.91. The number of nitrogens with one attached hydrogen (secondary N) is 1. The van der Waals surface area contributed by atoms with Gasteiger partial charge in [-0.1, -0.05) is 0 Å². The zero-order chi connectivity index (χ0) is 15.2. The molecule has 6 nitrogen and oxygen atoms in total. The molecule has 6 heteroatoms. The van der Waals surface area contributed by atoms with Gasteiger partial charge in [0.15, 0.2) is 0 Å². The van der Waals surface area contributed by atoms with E-state index in [1.807, 2.05) is 26.8 Å². The zero-order valence-electron chi connectivity index (χ0n) is 12.5. The van der Waals surface area contributed by atoms with Gasteiger partial charge in [0.1, 0.15) is 11.9 Å². The van der Waals surface area contributed by atoms with E-state index in [1.54, 1.807) is 35.5 Å². The van der Waals surface area contributed by atoms with Gasteiger partial charge >= 0.3 is 0 Å². The van der Waals surface area contributed by atoms with E-state index in [0.29, 0.717) is 17.9 Å². The number of carbonyl (C=O) groups is 1. The fourth-order valence-corrected chi connectivity index (χ4v) is 1.77. The molecule has 0 aliphatic heterocycles. The second kappa shape index (κ2) is 6.88. The first-order valence-electron chi connectivity index (χ1n) is 6.95. The predicted molar refractivity (Wildman–Crippen MR) is 79.3 cm³/mol. The van der Waals surface area contributed by atoms with Gasteiger partial charge in [-0.2, -0.15) is 5.10 Å². The van der Waals surface area contributed by atoms with Gasteiger partial charge in [-0.25, -0.2) is 0 Å². The number of hydrogen-bond donors (Lipinski definition) is 1. The van der Waals surface area contributed by atoms with Gasteiger partial charge in [-0.15, -0.1) is 0 Å². The standard InChI is InChI=1S/C15H20N4O2/c1-11(2)19-10-13(8-18-19)15(20)17-7-12(3)21-14-5-4-6-16-9-14/h4-6,8-12H,7H2,1-3H3,(H,17,20). The number of hydrogen-bond acceptors (Lipinski definition) is 4. The van der Waals surface area contributed by atoms with Crippen molar-refractivity contribution in [2.45, 2.75) is 32.9 Å². The molecule has 2 aromatic heterocycles. The maximum atomic E-state index is 12.0. The molecular weight excluding hydrogens is 268 g/mol. The van der Waals surface area contributed by atoms with Gasteiger partial charge in [0, 0.05) is 18.4 Å². The number of ether oxygens (including phenoxy) is 1. The number of amides is 1. The highest BCUT2D eigenvalue weighted by molar-refractivity contribution is 5.93. The van der Waals surface area contributed by atoms with Gasteiger partial charge in [-0.05, 0) is 32.9 Å². The maximum Gasteiger partial charge on any atom is 0.254 e. The van der Waals surface area contributed by atoms with Crippen LogP contribution in [0.25, 0.3) is 0 Å². The number of carbonyl (C=O) groups excluding carboxylic acids is 1. The molecule has 0 aliphatic rings. The molecule has 0 aromatic carbocycles. The molecule has 0 fully saturated rings. The first-order chi connectivity index (χ1) is 10.1. The molecule has 21 heavy (non-hydrogen) atoms. The number of pyridine rings is 1. The van der Waals surface area contributed by atoms with E-state index in [9.17, 15) is 4.79 Å². The topological polar surface area (TPSA) is 69.0 Å². The van der Waals surface area contributed by atoms with E-state index in [1.165, 1.54) is 0 Å². The number of nitrogens with zero attached hydrogens (tertiary/aromatic N) is 3. The molecule has 1 N–H and O–H groups in total. The van der Waals surface area contributed by atoms with E-state index in [4.69, 9.17) is 4.74 Å². The average Bonchev–Trinajstić information content (AvgIpc) is 2.96. The summed E-state index contributed by atoms with van der Waals surface area (Å²) in [5.74, 6) is 0.537. The van der Waals surface area contributed by atoms with Crippen molar-refractivity contribution in [2.24, 2.45) is 0 Å². The van der Waals surface area contributed by atoms with Crippen molar-refractivity contribution in [2.75, 3.05) is 6.54 Å². The smallest absolute Gasteiger partial charge is 0.254 e. The molecule has 1 amide bonds. The summed E-state index contributed by atoms with van der Waals surface area (Å²) in [6.07, 6.45) is 6.50. The summed E-state index contributed by atoms with van der Waals surface area (Å²) in [5, 5.41) is 6.98. The first-order valence-corrected chi connectivity index (χ1v) is 6.95. The minimum absolute atomic E-state index is 0.140. The summed E-state index contributed by atoms with van der Waals surface area (Å²) in [7, 11) is 0. The fourth-order valence-electron chi connectivity index (χ4n) is 1.77. The predicted octanol–water partition coefficient (Wildman–Crippen LogP) is 2.06. The van der Waals surface area contributed by atoms with Gasteiger partial charge in [0.25, 0.3) is 5.91 Å². The lowest BCUT2D eigenvalue weighted by molar-refractivity contribution is 0.0932. The third-order valence-electron chi connectivity index (χ3n) is 2.91. The largest absolute Gasteiger partial charge is 0.487 e. The minimum Gasteiger partial charge on any atom is -0.487 e. The Morgan fingerprint density at radius 3 is 2.81 bits per heavy atom. The highest BCUT2D eigenvalue weighted by atomic mass is 16.5. The van der Waals surface area contributed by atoms with Gasteiger partial charge in [0.2, 0.25) is 0 Å². The zero-order valence-corrected chi connectivity index (χ0v) is 12.5. The van der Waals surface area contributed by atoms with Crippen LogP contribution < -0.4 is 10.1 Å². The second-order valence-corrected chi connectivity index (χ2v) is 5.13. The first kappa shape index (κ1) is 15.0. The molecule has 0 saturated carbocycles. The highest BCUT2D eigenvalue weighted by Gasteiger charge is 2.11. The fraction of sp³-hybridized carbons (Fsp3) is 0.400. The molecule has 0 aliphatic carbocycles. The van der Waals surface area contributed by atoms with E-state index in [0.717, 1.165) is 0 Å². The Balaban J connectivity index is 1.83. The molecule has 1 atom stereocenters. The van der Waals surface area contributed by atoms with Crippen molar-refractivity contribution < 1.29 is 9.53 Å². The van der Waals surface area contributed by atoms with Crippen molar-refractivity contribution in [3.05, 3.63) is 42.5 Å². The molecule has 1 unspecified atom stereocenters. The summed E-state index contributed by atoms with van der Waals surface area (Å²) in [5.41, 5.74) is 0.553. The molecule has 0 spiro atoms. The van der Waals surface area contributed by atoms with Crippen LogP contribution in [-0.4, -0.2) is 33.3 Å². The summed E-state index contributed by atoms with van der Waals surface area (Å²) < 4.78 is 7.40. The van der Waals surface area contributed by atoms with Crippen molar-refractivity contribution in [3.63, 3.8) is 0 Å². The quantitative estimate of drug-likeness (QED) is 0.883. The Bertz CT molecular complexity index is 580. The van der Waals surface area contributed by atoms with Gasteiger partial charge in [-0.3, -0.25) is 14.5 Å². The lowest BCUT2D eigenvalue weighted by atomic mass is 10.3. The van der Waals surface area contributed by atoms with Crippen LogP contribution in [0.1, 0.15) is 37.2 Å². The molecular formula is C15H20N4O2. The van der Waals surface area contributed by atoms with Crippen LogP contribution in [0.2, 0.25) is 0 Å². The molecule has 0 radical (unpaired) electrons. The van der Waals surface area contributed by atoms with Crippen LogP contribution in [0.5, 0.6) is 5.75 Å². The average molecular weight is 288 g/mol. The van der Waals surface area contributed by atoms with Crippen molar-refractivity contribution in [1.82, 2.24) is 20.1 Å². The van der Waals surface area contributed by atoms with Crippen molar-refractivity contribution >= 4 is 5.91 Å². The second-order valence-electron chi connectivity index (χ2n) is 5.13. The van der Waals surface area contributed by atoms with E-state index in [2.05, 4.69) is 15.4 Å². The van der Waals surface area contributed by atoms with Crippen LogP contribution in [0.15, 0.2) is 36.9 Å². The maximum absolute atomic E-state index is 12.0. The molecule has 2 rings (SSSR count). The van der Waals surface area contributed by atoms with Gasteiger partial charge < -0.3 is 10.1 Å². The third kappa shape index (κ3) is 4.30. The van der Waals surface area contributed by atoms with E-state index < -0.39 is 0 Å². The van der Waals surface area contributed by atoms with Crippen molar-refractivity contribution in [1.29, 1.82) is 0 Å². The molecule has 2 heterocycles. The summed E-state index contributed by atoms with van der Waals surface area (Å²) in [4.78, 5) is 16.0.